The summed E-state index contributed by atoms with van der Waals surface area (Å²) in [6.45, 7) is -0.0855. The summed E-state index contributed by atoms with van der Waals surface area (Å²) in [5, 5.41) is 14.3. The fraction of sp³-hybridized carbons (Fsp3) is 0.125. The molecule has 0 aliphatic heterocycles. The van der Waals surface area contributed by atoms with Crippen LogP contribution in [0.15, 0.2) is 48.5 Å². The summed E-state index contributed by atoms with van der Waals surface area (Å²) < 4.78 is 19.1. The van der Waals surface area contributed by atoms with Gasteiger partial charge < -0.3 is 10.1 Å². The Morgan fingerprint density at radius 2 is 2.04 bits per heavy atom. The highest BCUT2D eigenvalue weighted by Gasteiger charge is 2.11. The number of ether oxygens (including phenoxy) is 1. The molecule has 0 radical (unpaired) electrons. The van der Waals surface area contributed by atoms with Crippen molar-refractivity contribution in [3.05, 3.63) is 65.2 Å². The maximum atomic E-state index is 13.6. The molecule has 9 heteroatoms. The first-order valence-electron chi connectivity index (χ1n) is 7.29. The van der Waals surface area contributed by atoms with Gasteiger partial charge in [0, 0.05) is 5.02 Å². The molecule has 1 N–H and O–H groups in total. The van der Waals surface area contributed by atoms with E-state index >= 15 is 0 Å². The second-order valence-corrected chi connectivity index (χ2v) is 5.45. The lowest BCUT2D eigenvalue weighted by Gasteiger charge is -2.05. The van der Waals surface area contributed by atoms with Crippen LogP contribution in [-0.2, 0) is 17.9 Å². The number of para-hydroxylation sites is 1. The summed E-state index contributed by atoms with van der Waals surface area (Å²) in [4.78, 5) is 13.0. The van der Waals surface area contributed by atoms with Crippen molar-refractivity contribution in [2.75, 3.05) is 5.32 Å². The van der Waals surface area contributed by atoms with E-state index in [2.05, 4.69) is 20.7 Å². The number of hydrogen-bond donors (Lipinski definition) is 1. The van der Waals surface area contributed by atoms with Crippen LogP contribution in [0.2, 0.25) is 5.02 Å². The minimum absolute atomic E-state index is 0.0298. The van der Waals surface area contributed by atoms with Gasteiger partial charge in [-0.25, -0.2) is 4.39 Å². The fourth-order valence-electron chi connectivity index (χ4n) is 1.97. The Hall–Kier alpha value is -3.00. The number of anilines is 1. The van der Waals surface area contributed by atoms with Gasteiger partial charge in [0.25, 0.3) is 0 Å². The maximum absolute atomic E-state index is 13.6. The molecule has 0 saturated heterocycles. The molecule has 128 valence electrons. The Morgan fingerprint density at radius 3 is 2.80 bits per heavy atom. The van der Waals surface area contributed by atoms with Gasteiger partial charge in [0.1, 0.15) is 18.1 Å². The van der Waals surface area contributed by atoms with Crippen LogP contribution < -0.4 is 10.1 Å². The molecule has 0 unspecified atom stereocenters. The highest BCUT2D eigenvalue weighted by Crippen LogP contribution is 2.18. The average molecular weight is 362 g/mol. The molecule has 0 spiro atoms. The monoisotopic (exact) mass is 361 g/mol. The molecule has 0 aliphatic carbocycles. The molecular weight excluding hydrogens is 349 g/mol. The minimum Gasteiger partial charge on any atom is -0.485 e. The molecular formula is C16H13ClFN5O2. The van der Waals surface area contributed by atoms with Gasteiger partial charge >= 0.3 is 0 Å². The summed E-state index contributed by atoms with van der Waals surface area (Å²) in [5.41, 5.74) is 0.0298. The van der Waals surface area contributed by atoms with Crippen molar-refractivity contribution in [3.63, 3.8) is 0 Å². The van der Waals surface area contributed by atoms with E-state index in [-0.39, 0.29) is 23.9 Å². The predicted molar refractivity (Wildman–Crippen MR) is 88.6 cm³/mol. The van der Waals surface area contributed by atoms with Crippen LogP contribution in [0.3, 0.4) is 0 Å². The highest BCUT2D eigenvalue weighted by atomic mass is 35.5. The predicted octanol–water partition coefficient (Wildman–Crippen LogP) is 2.68. The number of nitrogens with zero attached hydrogens (tertiary/aromatic N) is 4. The number of hydrogen-bond acceptors (Lipinski definition) is 5. The van der Waals surface area contributed by atoms with Crippen molar-refractivity contribution in [2.45, 2.75) is 13.2 Å². The molecule has 0 atom stereocenters. The second kappa shape index (κ2) is 7.71. The number of carbonyl (C=O) groups is 1. The Bertz CT molecular complexity index is 872. The van der Waals surface area contributed by atoms with Gasteiger partial charge in [-0.05, 0) is 35.5 Å². The maximum Gasteiger partial charge on any atom is 0.248 e. The van der Waals surface area contributed by atoms with E-state index in [9.17, 15) is 9.18 Å². The second-order valence-electron chi connectivity index (χ2n) is 5.01. The lowest BCUT2D eigenvalue weighted by atomic mass is 10.3. The molecule has 0 bridgehead atoms. The zero-order chi connectivity index (χ0) is 17.6. The topological polar surface area (TPSA) is 81.9 Å². The Kier molecular flexibility index (Phi) is 5.20. The van der Waals surface area contributed by atoms with Crippen LogP contribution >= 0.6 is 11.6 Å². The van der Waals surface area contributed by atoms with Crippen LogP contribution in [0.4, 0.5) is 10.1 Å². The minimum atomic E-state index is -0.621. The quantitative estimate of drug-likeness (QED) is 0.730. The van der Waals surface area contributed by atoms with Gasteiger partial charge in [0.05, 0.1) is 5.69 Å². The van der Waals surface area contributed by atoms with Gasteiger partial charge in [-0.3, -0.25) is 4.79 Å². The van der Waals surface area contributed by atoms with E-state index in [0.717, 1.165) is 10.9 Å². The highest BCUT2D eigenvalue weighted by molar-refractivity contribution is 6.30. The van der Waals surface area contributed by atoms with E-state index in [1.807, 2.05) is 18.2 Å². The van der Waals surface area contributed by atoms with Crippen molar-refractivity contribution >= 4 is 23.2 Å². The SMILES string of the molecule is O=C(Cn1nnc(COc2ccccc2)n1)Nc1ccc(Cl)cc1F. The van der Waals surface area contributed by atoms with Crippen LogP contribution in [0, 0.1) is 5.82 Å². The average Bonchev–Trinajstić information content (AvgIpc) is 3.04. The van der Waals surface area contributed by atoms with Crippen LogP contribution in [-0.4, -0.2) is 26.1 Å². The van der Waals surface area contributed by atoms with E-state index < -0.39 is 11.7 Å². The smallest absolute Gasteiger partial charge is 0.248 e. The molecule has 25 heavy (non-hydrogen) atoms. The first kappa shape index (κ1) is 16.8. The summed E-state index contributed by atoms with van der Waals surface area (Å²) in [7, 11) is 0. The lowest BCUT2D eigenvalue weighted by Crippen LogP contribution is -2.21. The van der Waals surface area contributed by atoms with Gasteiger partial charge in [-0.1, -0.05) is 29.8 Å². The molecule has 1 amide bonds. The first-order chi connectivity index (χ1) is 12.1. The Balaban J connectivity index is 1.54. The Labute approximate surface area is 147 Å². The van der Waals surface area contributed by atoms with Crippen LogP contribution in [0.5, 0.6) is 5.75 Å². The lowest BCUT2D eigenvalue weighted by molar-refractivity contribution is -0.117. The van der Waals surface area contributed by atoms with Crippen molar-refractivity contribution in [2.24, 2.45) is 0 Å². The molecule has 3 aromatic rings. The zero-order valence-corrected chi connectivity index (χ0v) is 13.7. The summed E-state index contributed by atoms with van der Waals surface area (Å²) >= 11 is 5.66. The van der Waals surface area contributed by atoms with Crippen molar-refractivity contribution in [3.8, 4) is 5.75 Å². The largest absolute Gasteiger partial charge is 0.485 e. The molecule has 0 aliphatic rings. The van der Waals surface area contributed by atoms with Gasteiger partial charge in [0.2, 0.25) is 11.7 Å². The first-order valence-corrected chi connectivity index (χ1v) is 7.67. The standard InChI is InChI=1S/C16H13ClFN5O2/c17-11-6-7-14(13(18)8-11)19-16(24)9-23-21-15(20-22-23)10-25-12-4-2-1-3-5-12/h1-8H,9-10H2,(H,19,24). The van der Waals surface area contributed by atoms with Gasteiger partial charge in [0.15, 0.2) is 6.61 Å². The molecule has 0 fully saturated rings. The normalized spacial score (nSPS) is 10.5. The third kappa shape index (κ3) is 4.74. The fourth-order valence-corrected chi connectivity index (χ4v) is 2.13. The number of tetrazole rings is 1. The molecule has 3 rings (SSSR count). The molecule has 1 heterocycles. The molecule has 7 nitrogen and oxygen atoms in total. The molecule has 1 aromatic heterocycles. The number of aromatic nitrogens is 4. The van der Waals surface area contributed by atoms with E-state index in [1.54, 1.807) is 12.1 Å². The molecule has 2 aromatic carbocycles. The number of benzene rings is 2. The third-order valence-corrected chi connectivity index (χ3v) is 3.33. The van der Waals surface area contributed by atoms with Crippen molar-refractivity contribution in [1.82, 2.24) is 20.2 Å². The van der Waals surface area contributed by atoms with Crippen molar-refractivity contribution < 1.29 is 13.9 Å². The van der Waals surface area contributed by atoms with E-state index in [4.69, 9.17) is 16.3 Å². The number of amides is 1. The number of halogens is 2. The molecule has 0 saturated carbocycles. The van der Waals surface area contributed by atoms with E-state index in [0.29, 0.717) is 11.6 Å². The Morgan fingerprint density at radius 1 is 1.24 bits per heavy atom. The summed E-state index contributed by atoms with van der Waals surface area (Å²) in [6, 6.07) is 13.2. The number of nitrogens with one attached hydrogen (secondary N) is 1. The summed E-state index contributed by atoms with van der Waals surface area (Å²) in [6.07, 6.45) is 0. The van der Waals surface area contributed by atoms with Crippen LogP contribution in [0.1, 0.15) is 5.82 Å². The number of carbonyl (C=O) groups excluding carboxylic acids is 1. The van der Waals surface area contributed by atoms with Gasteiger partial charge in [-0.2, -0.15) is 4.80 Å². The number of rotatable bonds is 6. The van der Waals surface area contributed by atoms with Crippen molar-refractivity contribution in [1.29, 1.82) is 0 Å². The van der Waals surface area contributed by atoms with E-state index in [1.165, 1.54) is 12.1 Å². The van der Waals surface area contributed by atoms with Gasteiger partial charge in [-0.15, -0.1) is 10.2 Å². The van der Waals surface area contributed by atoms with Crippen LogP contribution in [0.25, 0.3) is 0 Å². The summed E-state index contributed by atoms with van der Waals surface area (Å²) in [5.74, 6) is -0.109. The third-order valence-electron chi connectivity index (χ3n) is 3.10. The zero-order valence-electron chi connectivity index (χ0n) is 12.9.